The molecule has 0 heterocycles. The van der Waals surface area contributed by atoms with Gasteiger partial charge in [-0.2, -0.15) is 0 Å². The predicted molar refractivity (Wildman–Crippen MR) is 72.4 cm³/mol. The van der Waals surface area contributed by atoms with Crippen molar-refractivity contribution in [2.75, 3.05) is 14.1 Å². The van der Waals surface area contributed by atoms with Crippen molar-refractivity contribution in [2.45, 2.75) is 25.8 Å². The third-order valence-corrected chi connectivity index (χ3v) is 3.33. The molecule has 0 radical (unpaired) electrons. The first-order chi connectivity index (χ1) is 7.91. The second-order valence-corrected chi connectivity index (χ2v) is 4.96. The number of hydrogen-bond donors (Lipinski definition) is 2. The minimum absolute atomic E-state index is 0.324. The fourth-order valence-corrected chi connectivity index (χ4v) is 1.97. The molecule has 0 aromatic carbocycles. The molecule has 4 heteroatoms. The Morgan fingerprint density at radius 3 is 2.65 bits per heavy atom. The Morgan fingerprint density at radius 1 is 1.47 bits per heavy atom. The summed E-state index contributed by atoms with van der Waals surface area (Å²) >= 11 is 0. The lowest BCUT2D eigenvalue weighted by molar-refractivity contribution is 0.299. The molecule has 2 atom stereocenters. The van der Waals surface area contributed by atoms with Crippen molar-refractivity contribution in [2.24, 2.45) is 5.92 Å². The molecule has 0 saturated heterocycles. The lowest BCUT2D eigenvalue weighted by atomic mass is 9.79. The highest BCUT2D eigenvalue weighted by atomic mass is 16.4. The van der Waals surface area contributed by atoms with Gasteiger partial charge in [0.15, 0.2) is 0 Å². The zero-order chi connectivity index (χ0) is 13.0. The van der Waals surface area contributed by atoms with Crippen LogP contribution in [0.4, 0.5) is 0 Å². The number of rotatable bonds is 4. The van der Waals surface area contributed by atoms with E-state index in [0.29, 0.717) is 17.4 Å². The number of nitrogens with zero attached hydrogens (tertiary/aromatic N) is 1. The molecule has 0 saturated carbocycles. The second kappa shape index (κ2) is 6.19. The van der Waals surface area contributed by atoms with Crippen LogP contribution in [0.5, 0.6) is 0 Å². The van der Waals surface area contributed by atoms with Crippen molar-refractivity contribution in [1.29, 1.82) is 0 Å². The van der Waals surface area contributed by atoms with Crippen LogP contribution < -0.4 is 0 Å². The van der Waals surface area contributed by atoms with Gasteiger partial charge in [0.2, 0.25) is 0 Å². The molecule has 0 bridgehead atoms. The molecule has 0 amide bonds. The standard InChI is InChI=1S/C13H22BNO2/c1-10-5-8-13(15(3)4)9-12(10)7-6-11(2)14(16)17/h6-7,9-10,13,16-17H,2,5,8H2,1,3-4H3/b7-6-. The van der Waals surface area contributed by atoms with E-state index in [-0.39, 0.29) is 0 Å². The summed E-state index contributed by atoms with van der Waals surface area (Å²) in [6, 6.07) is 0.471. The molecule has 2 unspecified atom stereocenters. The summed E-state index contributed by atoms with van der Waals surface area (Å²) in [5, 5.41) is 17.9. The Morgan fingerprint density at radius 2 is 2.12 bits per heavy atom. The van der Waals surface area contributed by atoms with Gasteiger partial charge in [0.25, 0.3) is 0 Å². The quantitative estimate of drug-likeness (QED) is 0.571. The summed E-state index contributed by atoms with van der Waals surface area (Å²) in [5.74, 6) is 0.520. The van der Waals surface area contributed by atoms with E-state index < -0.39 is 7.12 Å². The van der Waals surface area contributed by atoms with Crippen LogP contribution in [-0.4, -0.2) is 42.2 Å². The summed E-state index contributed by atoms with van der Waals surface area (Å²) < 4.78 is 0. The van der Waals surface area contributed by atoms with E-state index in [9.17, 15) is 0 Å². The van der Waals surface area contributed by atoms with E-state index in [2.05, 4.69) is 38.6 Å². The van der Waals surface area contributed by atoms with Gasteiger partial charge >= 0.3 is 7.12 Å². The molecule has 1 aliphatic rings. The maximum absolute atomic E-state index is 8.93. The molecule has 3 nitrogen and oxygen atoms in total. The van der Waals surface area contributed by atoms with Gasteiger partial charge in [0, 0.05) is 6.04 Å². The molecular formula is C13H22BNO2. The molecule has 0 aliphatic heterocycles. The smallest absolute Gasteiger partial charge is 0.423 e. The summed E-state index contributed by atoms with van der Waals surface area (Å²) in [4.78, 5) is 2.20. The van der Waals surface area contributed by atoms with E-state index in [1.54, 1.807) is 6.08 Å². The zero-order valence-electron chi connectivity index (χ0n) is 10.9. The molecule has 94 valence electrons. The van der Waals surface area contributed by atoms with Crippen LogP contribution in [-0.2, 0) is 0 Å². The molecule has 0 fully saturated rings. The Labute approximate surface area is 104 Å². The molecule has 1 rings (SSSR count). The van der Waals surface area contributed by atoms with Gasteiger partial charge in [0.1, 0.15) is 0 Å². The molecule has 0 spiro atoms. The zero-order valence-corrected chi connectivity index (χ0v) is 10.9. The average molecular weight is 235 g/mol. The van der Waals surface area contributed by atoms with Gasteiger partial charge in [-0.1, -0.05) is 31.7 Å². The summed E-state index contributed by atoms with van der Waals surface area (Å²) in [6.07, 6.45) is 8.22. The van der Waals surface area contributed by atoms with Crippen molar-refractivity contribution in [3.8, 4) is 0 Å². The van der Waals surface area contributed by atoms with E-state index in [1.165, 1.54) is 12.0 Å². The summed E-state index contributed by atoms with van der Waals surface area (Å²) in [6.45, 7) is 5.79. The predicted octanol–water partition coefficient (Wildman–Crippen LogP) is 1.40. The summed E-state index contributed by atoms with van der Waals surface area (Å²) in [5.41, 5.74) is 1.57. The SMILES string of the molecule is C=C(/C=C\C1=CC(N(C)C)CCC1C)B(O)O. The molecule has 17 heavy (non-hydrogen) atoms. The first-order valence-corrected chi connectivity index (χ1v) is 6.03. The number of likely N-dealkylation sites (N-methyl/N-ethyl adjacent to an activating group) is 1. The fraction of sp³-hybridized carbons (Fsp3) is 0.538. The van der Waals surface area contributed by atoms with Gasteiger partial charge in [0.05, 0.1) is 0 Å². The second-order valence-electron chi connectivity index (χ2n) is 4.96. The van der Waals surface area contributed by atoms with Crippen LogP contribution in [0.15, 0.2) is 35.9 Å². The normalized spacial score (nSPS) is 25.2. The number of allylic oxidation sites excluding steroid dienone is 4. The van der Waals surface area contributed by atoms with Crippen molar-refractivity contribution in [3.63, 3.8) is 0 Å². The third-order valence-electron chi connectivity index (χ3n) is 3.33. The fourth-order valence-electron chi connectivity index (χ4n) is 1.97. The third kappa shape index (κ3) is 4.15. The molecule has 0 aromatic heterocycles. The Balaban J connectivity index is 2.76. The van der Waals surface area contributed by atoms with Gasteiger partial charge in [-0.15, -0.1) is 0 Å². The minimum Gasteiger partial charge on any atom is -0.423 e. The maximum Gasteiger partial charge on any atom is 0.487 e. The van der Waals surface area contributed by atoms with E-state index in [0.717, 1.165) is 6.42 Å². The summed E-state index contributed by atoms with van der Waals surface area (Å²) in [7, 11) is 2.69. The molecule has 2 N–H and O–H groups in total. The Kier molecular flexibility index (Phi) is 5.18. The molecular weight excluding hydrogens is 213 g/mol. The van der Waals surface area contributed by atoms with Crippen LogP contribution in [0.2, 0.25) is 0 Å². The Bertz CT molecular complexity index is 334. The van der Waals surface area contributed by atoms with Gasteiger partial charge in [-0.05, 0) is 43.9 Å². The van der Waals surface area contributed by atoms with Gasteiger partial charge in [-0.3, -0.25) is 0 Å². The van der Waals surface area contributed by atoms with Crippen molar-refractivity contribution in [3.05, 3.63) is 35.9 Å². The highest BCUT2D eigenvalue weighted by Gasteiger charge is 2.19. The lowest BCUT2D eigenvalue weighted by Gasteiger charge is -2.29. The van der Waals surface area contributed by atoms with Gasteiger partial charge in [-0.25, -0.2) is 0 Å². The van der Waals surface area contributed by atoms with E-state index in [4.69, 9.17) is 10.0 Å². The van der Waals surface area contributed by atoms with Crippen molar-refractivity contribution < 1.29 is 10.0 Å². The Hall–Kier alpha value is -0.835. The van der Waals surface area contributed by atoms with Crippen LogP contribution in [0.1, 0.15) is 19.8 Å². The van der Waals surface area contributed by atoms with E-state index >= 15 is 0 Å². The average Bonchev–Trinajstić information content (AvgIpc) is 2.26. The molecule has 1 aliphatic carbocycles. The van der Waals surface area contributed by atoms with Crippen LogP contribution in [0.25, 0.3) is 0 Å². The van der Waals surface area contributed by atoms with Crippen LogP contribution >= 0.6 is 0 Å². The largest absolute Gasteiger partial charge is 0.487 e. The first-order valence-electron chi connectivity index (χ1n) is 6.03. The van der Waals surface area contributed by atoms with E-state index in [1.807, 2.05) is 6.08 Å². The molecule has 0 aromatic rings. The maximum atomic E-state index is 8.93. The van der Waals surface area contributed by atoms with Crippen molar-refractivity contribution >= 4 is 7.12 Å². The highest BCUT2D eigenvalue weighted by Crippen LogP contribution is 2.27. The highest BCUT2D eigenvalue weighted by molar-refractivity contribution is 6.51. The topological polar surface area (TPSA) is 43.7 Å². The monoisotopic (exact) mass is 235 g/mol. The van der Waals surface area contributed by atoms with Crippen LogP contribution in [0.3, 0.4) is 0 Å². The first kappa shape index (κ1) is 14.2. The van der Waals surface area contributed by atoms with Crippen LogP contribution in [0, 0.1) is 5.92 Å². The number of hydrogen-bond acceptors (Lipinski definition) is 3. The lowest BCUT2D eigenvalue weighted by Crippen LogP contribution is -2.29. The van der Waals surface area contributed by atoms with Gasteiger partial charge < -0.3 is 14.9 Å². The van der Waals surface area contributed by atoms with Crippen molar-refractivity contribution in [1.82, 2.24) is 4.90 Å². The minimum atomic E-state index is -1.46.